The molecule has 21 heavy (non-hydrogen) atoms. The molecule has 0 radical (unpaired) electrons. The Kier molecular flexibility index (Phi) is 4.74. The van der Waals surface area contributed by atoms with Crippen molar-refractivity contribution in [2.45, 2.75) is 32.9 Å². The summed E-state index contributed by atoms with van der Waals surface area (Å²) in [6.07, 6.45) is 0.844. The highest BCUT2D eigenvalue weighted by molar-refractivity contribution is 7.17. The van der Waals surface area contributed by atoms with E-state index in [1.54, 1.807) is 13.1 Å². The van der Waals surface area contributed by atoms with E-state index in [1.165, 1.54) is 16.2 Å². The van der Waals surface area contributed by atoms with Crippen molar-refractivity contribution in [2.24, 2.45) is 11.7 Å². The molecule has 0 spiro atoms. The van der Waals surface area contributed by atoms with E-state index < -0.39 is 6.04 Å². The van der Waals surface area contributed by atoms with Crippen LogP contribution in [0.3, 0.4) is 0 Å². The largest absolute Gasteiger partial charge is 0.337 e. The number of H-pyrrole nitrogens is 1. The first-order chi connectivity index (χ1) is 9.93. The van der Waals surface area contributed by atoms with Crippen LogP contribution in [0.1, 0.15) is 26.1 Å². The van der Waals surface area contributed by atoms with Crippen molar-refractivity contribution in [3.63, 3.8) is 0 Å². The number of hydrogen-bond donors (Lipinski definition) is 2. The summed E-state index contributed by atoms with van der Waals surface area (Å²) in [5.41, 5.74) is 6.44. The monoisotopic (exact) mass is 308 g/mol. The topological polar surface area (TPSA) is 92.1 Å². The van der Waals surface area contributed by atoms with E-state index >= 15 is 0 Å². The summed E-state index contributed by atoms with van der Waals surface area (Å²) in [6, 6.07) is 1.27. The molecule has 2 aromatic heterocycles. The molecular formula is C14H20N4O2S. The molecule has 0 aromatic carbocycles. The van der Waals surface area contributed by atoms with Crippen LogP contribution in [0.5, 0.6) is 0 Å². The SMILES string of the molecule is CC[C@H](C)[C@H](N)C(=O)N(C)Cc1nc2ccsc2c(=O)[nH]1. The zero-order valence-corrected chi connectivity index (χ0v) is 13.2. The number of fused-ring (bicyclic) bond motifs is 1. The first-order valence-corrected chi connectivity index (χ1v) is 7.79. The lowest BCUT2D eigenvalue weighted by atomic mass is 9.99. The molecule has 0 aliphatic rings. The quantitative estimate of drug-likeness (QED) is 0.871. The molecule has 114 valence electrons. The Bertz CT molecular complexity index is 694. The van der Waals surface area contributed by atoms with Crippen LogP contribution in [0.4, 0.5) is 0 Å². The van der Waals surface area contributed by atoms with Crippen LogP contribution in [0.15, 0.2) is 16.2 Å². The van der Waals surface area contributed by atoms with Gasteiger partial charge in [0.05, 0.1) is 18.1 Å². The molecule has 6 nitrogen and oxygen atoms in total. The van der Waals surface area contributed by atoms with Crippen molar-refractivity contribution in [3.05, 3.63) is 27.6 Å². The van der Waals surface area contributed by atoms with Crippen molar-refractivity contribution in [3.8, 4) is 0 Å². The second kappa shape index (κ2) is 6.36. The van der Waals surface area contributed by atoms with Gasteiger partial charge >= 0.3 is 0 Å². The maximum Gasteiger partial charge on any atom is 0.268 e. The molecule has 2 heterocycles. The van der Waals surface area contributed by atoms with Gasteiger partial charge in [0.25, 0.3) is 5.56 Å². The zero-order chi connectivity index (χ0) is 15.6. The average Bonchev–Trinajstić information content (AvgIpc) is 2.93. The van der Waals surface area contributed by atoms with E-state index in [0.717, 1.165) is 6.42 Å². The van der Waals surface area contributed by atoms with E-state index in [-0.39, 0.29) is 23.9 Å². The van der Waals surface area contributed by atoms with Crippen LogP contribution in [0, 0.1) is 5.92 Å². The second-order valence-electron chi connectivity index (χ2n) is 5.25. The fourth-order valence-electron chi connectivity index (χ4n) is 2.05. The molecule has 0 aliphatic heterocycles. The number of thiophene rings is 1. The maximum atomic E-state index is 12.2. The van der Waals surface area contributed by atoms with E-state index in [0.29, 0.717) is 16.0 Å². The third-order valence-corrected chi connectivity index (χ3v) is 4.57. The third-order valence-electron chi connectivity index (χ3n) is 3.67. The number of nitrogens with one attached hydrogen (secondary N) is 1. The third kappa shape index (κ3) is 3.30. The van der Waals surface area contributed by atoms with Crippen molar-refractivity contribution < 1.29 is 4.79 Å². The number of likely N-dealkylation sites (N-methyl/N-ethyl adjacent to an activating group) is 1. The minimum absolute atomic E-state index is 0.117. The van der Waals surface area contributed by atoms with Crippen LogP contribution >= 0.6 is 11.3 Å². The van der Waals surface area contributed by atoms with Gasteiger partial charge in [-0.25, -0.2) is 4.98 Å². The number of carbonyl (C=O) groups is 1. The summed E-state index contributed by atoms with van der Waals surface area (Å²) in [5.74, 6) is 0.446. The molecule has 0 saturated carbocycles. The highest BCUT2D eigenvalue weighted by Crippen LogP contribution is 2.14. The molecule has 0 fully saturated rings. The zero-order valence-electron chi connectivity index (χ0n) is 12.4. The average molecular weight is 308 g/mol. The smallest absolute Gasteiger partial charge is 0.268 e. The Hall–Kier alpha value is -1.73. The Labute approximate surface area is 127 Å². The maximum absolute atomic E-state index is 12.2. The number of rotatable bonds is 5. The van der Waals surface area contributed by atoms with Gasteiger partial charge in [-0.15, -0.1) is 11.3 Å². The van der Waals surface area contributed by atoms with E-state index in [4.69, 9.17) is 5.73 Å². The minimum atomic E-state index is -0.531. The highest BCUT2D eigenvalue weighted by atomic mass is 32.1. The van der Waals surface area contributed by atoms with Gasteiger partial charge in [-0.1, -0.05) is 20.3 Å². The fraction of sp³-hybridized carbons (Fsp3) is 0.500. The molecule has 1 amide bonds. The molecule has 0 saturated heterocycles. The summed E-state index contributed by atoms with van der Waals surface area (Å²) in [4.78, 5) is 32.7. The number of aromatic amines is 1. The van der Waals surface area contributed by atoms with Gasteiger partial charge in [-0.05, 0) is 17.4 Å². The first-order valence-electron chi connectivity index (χ1n) is 6.91. The minimum Gasteiger partial charge on any atom is -0.337 e. The summed E-state index contributed by atoms with van der Waals surface area (Å²) in [6.45, 7) is 4.19. The lowest BCUT2D eigenvalue weighted by molar-refractivity contribution is -0.133. The molecule has 2 atom stereocenters. The molecular weight excluding hydrogens is 288 g/mol. The standard InChI is InChI=1S/C14H20N4O2S/c1-4-8(2)11(15)14(20)18(3)7-10-16-9-5-6-21-12(9)13(19)17-10/h5-6,8,11H,4,7,15H2,1-3H3,(H,16,17,19)/t8-,11-/m0/s1. The Balaban J connectivity index is 2.15. The molecule has 0 unspecified atom stereocenters. The van der Waals surface area contributed by atoms with Crippen molar-refractivity contribution in [1.29, 1.82) is 0 Å². The van der Waals surface area contributed by atoms with E-state index in [2.05, 4.69) is 9.97 Å². The van der Waals surface area contributed by atoms with Gasteiger partial charge in [0.15, 0.2) is 0 Å². The van der Waals surface area contributed by atoms with Crippen LogP contribution in [0.2, 0.25) is 0 Å². The number of amides is 1. The molecule has 0 aliphatic carbocycles. The lowest BCUT2D eigenvalue weighted by Gasteiger charge is -2.24. The summed E-state index contributed by atoms with van der Waals surface area (Å²) in [7, 11) is 1.67. The predicted molar refractivity (Wildman–Crippen MR) is 84.1 cm³/mol. The summed E-state index contributed by atoms with van der Waals surface area (Å²) in [5, 5.41) is 1.82. The molecule has 2 aromatic rings. The van der Waals surface area contributed by atoms with Gasteiger partial charge in [-0.3, -0.25) is 9.59 Å². The number of hydrogen-bond acceptors (Lipinski definition) is 5. The van der Waals surface area contributed by atoms with Gasteiger partial charge < -0.3 is 15.6 Å². The van der Waals surface area contributed by atoms with Gasteiger partial charge in [0.1, 0.15) is 10.5 Å². The fourth-order valence-corrected chi connectivity index (χ4v) is 2.78. The second-order valence-corrected chi connectivity index (χ2v) is 6.17. The van der Waals surface area contributed by atoms with E-state index in [9.17, 15) is 9.59 Å². The number of nitrogens with two attached hydrogens (primary N) is 1. The van der Waals surface area contributed by atoms with Crippen LogP contribution in [-0.2, 0) is 11.3 Å². The first kappa shape index (κ1) is 15.7. The Morgan fingerprint density at radius 2 is 2.29 bits per heavy atom. The Morgan fingerprint density at radius 1 is 1.57 bits per heavy atom. The number of carbonyl (C=O) groups excluding carboxylic acids is 1. The van der Waals surface area contributed by atoms with Crippen molar-refractivity contribution in [1.82, 2.24) is 14.9 Å². The van der Waals surface area contributed by atoms with Gasteiger partial charge in [0.2, 0.25) is 5.91 Å². The van der Waals surface area contributed by atoms with Crippen LogP contribution < -0.4 is 11.3 Å². The summed E-state index contributed by atoms with van der Waals surface area (Å²) >= 11 is 1.35. The van der Waals surface area contributed by atoms with Crippen LogP contribution in [0.25, 0.3) is 10.2 Å². The number of nitrogens with zero attached hydrogens (tertiary/aromatic N) is 2. The Morgan fingerprint density at radius 3 is 2.95 bits per heavy atom. The molecule has 3 N–H and O–H groups in total. The van der Waals surface area contributed by atoms with Gasteiger partial charge in [0, 0.05) is 7.05 Å². The van der Waals surface area contributed by atoms with E-state index in [1.807, 2.05) is 19.2 Å². The van der Waals surface area contributed by atoms with Crippen LogP contribution in [-0.4, -0.2) is 33.9 Å². The van der Waals surface area contributed by atoms with Crippen molar-refractivity contribution in [2.75, 3.05) is 7.05 Å². The normalized spacial score (nSPS) is 14.1. The molecule has 2 rings (SSSR count). The van der Waals surface area contributed by atoms with Crippen molar-refractivity contribution >= 4 is 27.5 Å². The predicted octanol–water partition coefficient (Wildman–Crippen LogP) is 1.32. The molecule has 7 heteroatoms. The lowest BCUT2D eigenvalue weighted by Crippen LogP contribution is -2.45. The highest BCUT2D eigenvalue weighted by Gasteiger charge is 2.23. The summed E-state index contributed by atoms with van der Waals surface area (Å²) < 4.78 is 0.601. The number of aromatic nitrogens is 2. The molecule has 0 bridgehead atoms. The van der Waals surface area contributed by atoms with Gasteiger partial charge in [-0.2, -0.15) is 0 Å².